The lowest BCUT2D eigenvalue weighted by Crippen LogP contribution is -2.30. The predicted molar refractivity (Wildman–Crippen MR) is 479 cm³/mol. The van der Waals surface area contributed by atoms with Crippen molar-refractivity contribution in [2.45, 2.75) is 553 Å². The maximum Gasteiger partial charge on any atom is 0.472 e. The van der Waals surface area contributed by atoms with Crippen molar-refractivity contribution in [3.05, 3.63) is 0 Å². The molecular weight excluding hydrogens is 1490 g/mol. The molecule has 3 N–H and O–H groups in total. The third kappa shape index (κ3) is 89.6. The van der Waals surface area contributed by atoms with Crippen LogP contribution in [0.5, 0.6) is 0 Å². The van der Waals surface area contributed by atoms with E-state index >= 15 is 0 Å². The molecule has 0 fully saturated rings. The van der Waals surface area contributed by atoms with Gasteiger partial charge in [-0.2, -0.15) is 0 Å². The summed E-state index contributed by atoms with van der Waals surface area (Å²) in [4.78, 5) is 73.6. The lowest BCUT2D eigenvalue weighted by molar-refractivity contribution is -0.161. The number of phosphoric ester groups is 2. The van der Waals surface area contributed by atoms with Crippen LogP contribution in [0.4, 0.5) is 0 Å². The first-order valence-corrected chi connectivity index (χ1v) is 52.8. The van der Waals surface area contributed by atoms with Gasteiger partial charge in [0.25, 0.3) is 0 Å². The van der Waals surface area contributed by atoms with Crippen molar-refractivity contribution in [3.8, 4) is 0 Å². The van der Waals surface area contributed by atoms with Gasteiger partial charge in [0, 0.05) is 25.7 Å². The quantitative estimate of drug-likeness (QED) is 0.0222. The number of carbonyl (C=O) groups excluding carboxylic acids is 4. The summed E-state index contributed by atoms with van der Waals surface area (Å²) in [7, 11) is -9.94. The first-order valence-electron chi connectivity index (χ1n) is 49.8. The molecule has 0 rings (SSSR count). The molecule has 0 aliphatic heterocycles. The predicted octanol–water partition coefficient (Wildman–Crippen LogP) is 30.4. The number of rotatable bonds is 97. The standard InChI is InChI=1S/C96H188O17P2/c1-5-9-13-17-21-25-29-33-36-39-42-45-48-51-54-57-61-65-69-73-77-81-94(99)107-87-92(113-96(101)83-79-75-71-67-63-59-56-53-50-47-44-41-38-35-31-27-23-19-15-11-7-3)89-111-115(104,105)109-85-90(97)84-108-114(102,103)110-88-91(86-106-93(98)80-76-72-68-64-60-32-28-24-20-16-12-8-4)112-95(100)82-78-74-70-66-62-58-55-52-49-46-43-40-37-34-30-26-22-18-14-10-6-2/h90-92,97H,5-89H2,1-4H3,(H,102,103)(H,104,105)/t90-,91+,92+/m0/s1. The minimum Gasteiger partial charge on any atom is -0.462 e. The van der Waals surface area contributed by atoms with Crippen LogP contribution < -0.4 is 0 Å². The number of aliphatic hydroxyl groups is 1. The molecule has 115 heavy (non-hydrogen) atoms. The second-order valence-corrected chi connectivity index (χ2v) is 37.4. The Hall–Kier alpha value is -1.94. The molecule has 2 unspecified atom stereocenters. The maximum absolute atomic E-state index is 13.2. The molecule has 0 bridgehead atoms. The van der Waals surface area contributed by atoms with E-state index < -0.39 is 97.5 Å². The molecule has 0 aliphatic rings. The fourth-order valence-corrected chi connectivity index (χ4v) is 16.9. The van der Waals surface area contributed by atoms with Crippen LogP contribution in [0.1, 0.15) is 535 Å². The van der Waals surface area contributed by atoms with Crippen LogP contribution in [0.2, 0.25) is 0 Å². The molecule has 0 aromatic rings. The van der Waals surface area contributed by atoms with Gasteiger partial charge in [-0.1, -0.05) is 484 Å². The lowest BCUT2D eigenvalue weighted by atomic mass is 10.0. The SMILES string of the molecule is CCCCCCCCCCCCCCCCCCCCCCCC(=O)OC[C@H](COP(=O)(O)OC[C@@H](O)COP(=O)(O)OC[C@@H](COC(=O)CCCCCCCCCCCCCC)OC(=O)CCCCCCCCCCCCCCCCCCCCCCC)OC(=O)CCCCCCCCCCCCCCCCCCCCCCC. The molecule has 0 aromatic heterocycles. The van der Waals surface area contributed by atoms with E-state index in [1.54, 1.807) is 0 Å². The molecular formula is C96H188O17P2. The van der Waals surface area contributed by atoms with Crippen LogP contribution in [-0.4, -0.2) is 96.7 Å². The summed E-state index contributed by atoms with van der Waals surface area (Å²) in [6.07, 6.45) is 89.2. The average Bonchev–Trinajstić information content (AvgIpc) is 0.899. The average molecular weight is 1680 g/mol. The largest absolute Gasteiger partial charge is 0.472 e. The number of hydrogen-bond donors (Lipinski definition) is 3. The third-order valence-corrected chi connectivity index (χ3v) is 24.8. The fourth-order valence-electron chi connectivity index (χ4n) is 15.3. The molecule has 0 heterocycles. The Kier molecular flexibility index (Phi) is 88.3. The van der Waals surface area contributed by atoms with E-state index in [2.05, 4.69) is 27.7 Å². The van der Waals surface area contributed by atoms with Gasteiger partial charge in [-0.05, 0) is 25.7 Å². The highest BCUT2D eigenvalue weighted by Gasteiger charge is 2.31. The molecule has 0 amide bonds. The molecule has 0 saturated heterocycles. The van der Waals surface area contributed by atoms with E-state index in [-0.39, 0.29) is 25.7 Å². The van der Waals surface area contributed by atoms with Crippen LogP contribution in [0.25, 0.3) is 0 Å². The molecule has 0 aliphatic carbocycles. The molecule has 0 saturated carbocycles. The van der Waals surface area contributed by atoms with Crippen molar-refractivity contribution in [1.29, 1.82) is 0 Å². The Balaban J connectivity index is 5.23. The highest BCUT2D eigenvalue weighted by Crippen LogP contribution is 2.45. The van der Waals surface area contributed by atoms with E-state index in [0.717, 1.165) is 89.9 Å². The Morgan fingerprint density at radius 2 is 0.348 bits per heavy atom. The minimum atomic E-state index is -4.97. The summed E-state index contributed by atoms with van der Waals surface area (Å²) >= 11 is 0. The second kappa shape index (κ2) is 89.8. The Morgan fingerprint density at radius 1 is 0.209 bits per heavy atom. The molecule has 684 valence electrons. The summed E-state index contributed by atoms with van der Waals surface area (Å²) in [5.74, 6) is -2.09. The summed E-state index contributed by atoms with van der Waals surface area (Å²) in [5, 5.41) is 10.7. The second-order valence-electron chi connectivity index (χ2n) is 34.5. The highest BCUT2D eigenvalue weighted by atomic mass is 31.2. The lowest BCUT2D eigenvalue weighted by Gasteiger charge is -2.21. The molecule has 17 nitrogen and oxygen atoms in total. The molecule has 0 spiro atoms. The molecule has 0 aromatic carbocycles. The van der Waals surface area contributed by atoms with Crippen LogP contribution in [-0.2, 0) is 65.4 Å². The van der Waals surface area contributed by atoms with Crippen molar-refractivity contribution in [3.63, 3.8) is 0 Å². The van der Waals surface area contributed by atoms with E-state index in [1.165, 1.54) is 366 Å². The molecule has 0 radical (unpaired) electrons. The van der Waals surface area contributed by atoms with E-state index in [4.69, 9.17) is 37.0 Å². The number of ether oxygens (including phenoxy) is 4. The monoisotopic (exact) mass is 1680 g/mol. The first kappa shape index (κ1) is 113. The van der Waals surface area contributed by atoms with Gasteiger partial charge >= 0.3 is 39.5 Å². The number of esters is 4. The van der Waals surface area contributed by atoms with Crippen LogP contribution in [0.15, 0.2) is 0 Å². The summed E-state index contributed by atoms with van der Waals surface area (Å²) in [6.45, 7) is 5.11. The van der Waals surface area contributed by atoms with Gasteiger partial charge < -0.3 is 33.8 Å². The fraction of sp³-hybridized carbons (Fsp3) is 0.958. The van der Waals surface area contributed by atoms with Crippen LogP contribution in [0.3, 0.4) is 0 Å². The van der Waals surface area contributed by atoms with Crippen molar-refractivity contribution in [1.82, 2.24) is 0 Å². The Bertz CT molecular complexity index is 2160. The minimum absolute atomic E-state index is 0.110. The van der Waals surface area contributed by atoms with Crippen molar-refractivity contribution >= 4 is 39.5 Å². The molecule has 19 heteroatoms. The van der Waals surface area contributed by atoms with Crippen LogP contribution >= 0.6 is 15.6 Å². The van der Waals surface area contributed by atoms with Gasteiger partial charge in [0.1, 0.15) is 19.3 Å². The first-order chi connectivity index (χ1) is 56.2. The topological polar surface area (TPSA) is 237 Å². The number of phosphoric acid groups is 2. The Morgan fingerprint density at radius 3 is 0.513 bits per heavy atom. The number of aliphatic hydroxyl groups excluding tert-OH is 1. The van der Waals surface area contributed by atoms with Gasteiger partial charge in [0.05, 0.1) is 26.4 Å². The molecule has 5 atom stereocenters. The van der Waals surface area contributed by atoms with Crippen molar-refractivity contribution in [2.24, 2.45) is 0 Å². The van der Waals surface area contributed by atoms with E-state index in [1.807, 2.05) is 0 Å². The van der Waals surface area contributed by atoms with E-state index in [0.29, 0.717) is 25.7 Å². The smallest absolute Gasteiger partial charge is 0.462 e. The van der Waals surface area contributed by atoms with Gasteiger partial charge in [-0.25, -0.2) is 9.13 Å². The van der Waals surface area contributed by atoms with E-state index in [9.17, 15) is 43.2 Å². The zero-order valence-corrected chi connectivity index (χ0v) is 77.6. The van der Waals surface area contributed by atoms with Gasteiger partial charge in [-0.15, -0.1) is 0 Å². The Labute approximate surface area is 708 Å². The number of carbonyl (C=O) groups is 4. The maximum atomic E-state index is 13.2. The van der Waals surface area contributed by atoms with Crippen molar-refractivity contribution in [2.75, 3.05) is 39.6 Å². The number of unbranched alkanes of at least 4 members (excludes halogenated alkanes) is 71. The number of hydrogen-bond acceptors (Lipinski definition) is 15. The van der Waals surface area contributed by atoms with Gasteiger partial charge in [0.2, 0.25) is 0 Å². The van der Waals surface area contributed by atoms with Crippen LogP contribution in [0, 0.1) is 0 Å². The summed E-state index contributed by atoms with van der Waals surface area (Å²) in [6, 6.07) is 0. The zero-order chi connectivity index (χ0) is 83.8. The normalized spacial score (nSPS) is 13.6. The summed E-state index contributed by atoms with van der Waals surface area (Å²) in [5.41, 5.74) is 0. The van der Waals surface area contributed by atoms with Crippen molar-refractivity contribution < 1.29 is 80.2 Å². The highest BCUT2D eigenvalue weighted by molar-refractivity contribution is 7.47. The zero-order valence-electron chi connectivity index (χ0n) is 75.8. The third-order valence-electron chi connectivity index (χ3n) is 22.9. The summed E-state index contributed by atoms with van der Waals surface area (Å²) < 4.78 is 69.2. The van der Waals surface area contributed by atoms with Gasteiger partial charge in [0.15, 0.2) is 12.2 Å². The van der Waals surface area contributed by atoms with Gasteiger partial charge in [-0.3, -0.25) is 37.3 Å².